The van der Waals surface area contributed by atoms with Crippen LogP contribution in [0, 0.1) is 0 Å². The lowest BCUT2D eigenvalue weighted by Gasteiger charge is -2.39. The molecular formula is C20H25N7O. The maximum atomic E-state index is 13.9. The molecule has 0 unspecified atom stereocenters. The van der Waals surface area contributed by atoms with Crippen molar-refractivity contribution in [2.45, 2.75) is 56.5 Å². The molecule has 1 atom stereocenters. The van der Waals surface area contributed by atoms with Gasteiger partial charge in [-0.05, 0) is 48.2 Å². The van der Waals surface area contributed by atoms with E-state index in [0.29, 0.717) is 0 Å². The van der Waals surface area contributed by atoms with Crippen LogP contribution >= 0.6 is 0 Å². The Morgan fingerprint density at radius 3 is 2.71 bits per heavy atom. The van der Waals surface area contributed by atoms with Crippen LogP contribution in [-0.4, -0.2) is 47.1 Å². The molecule has 0 spiro atoms. The van der Waals surface area contributed by atoms with E-state index in [9.17, 15) is 4.79 Å². The minimum Gasteiger partial charge on any atom is -0.330 e. The van der Waals surface area contributed by atoms with Gasteiger partial charge in [0.2, 0.25) is 0 Å². The summed E-state index contributed by atoms with van der Waals surface area (Å²) in [4.78, 5) is 20.8. The van der Waals surface area contributed by atoms with Gasteiger partial charge in [0.15, 0.2) is 0 Å². The van der Waals surface area contributed by atoms with Crippen LogP contribution in [0.15, 0.2) is 30.6 Å². The minimum atomic E-state index is -0.658. The normalized spacial score (nSPS) is 22.0. The van der Waals surface area contributed by atoms with Gasteiger partial charge in [-0.1, -0.05) is 31.4 Å². The number of carbonyl (C=O) groups excluding carboxylic acids is 1. The highest BCUT2D eigenvalue weighted by atomic mass is 16.2. The van der Waals surface area contributed by atoms with E-state index >= 15 is 0 Å². The number of hydrogen-bond donors (Lipinski definition) is 0. The molecule has 8 nitrogen and oxygen atoms in total. The highest BCUT2D eigenvalue weighted by Gasteiger charge is 2.48. The van der Waals surface area contributed by atoms with Crippen molar-refractivity contribution in [1.82, 2.24) is 34.7 Å². The lowest BCUT2D eigenvalue weighted by Crippen LogP contribution is -2.52. The summed E-state index contributed by atoms with van der Waals surface area (Å²) in [5, 5.41) is 11.8. The Morgan fingerprint density at radius 1 is 1.14 bits per heavy atom. The summed E-state index contributed by atoms with van der Waals surface area (Å²) >= 11 is 0. The number of fused-ring (bicyclic) bond motifs is 1. The van der Waals surface area contributed by atoms with Crippen LogP contribution < -0.4 is 0 Å². The maximum absolute atomic E-state index is 13.9. The van der Waals surface area contributed by atoms with Gasteiger partial charge in [-0.3, -0.25) is 4.79 Å². The van der Waals surface area contributed by atoms with Crippen LogP contribution in [0.5, 0.6) is 0 Å². The predicted molar refractivity (Wildman–Crippen MR) is 103 cm³/mol. The van der Waals surface area contributed by atoms with Crippen LogP contribution in [0.1, 0.15) is 56.8 Å². The predicted octanol–water partition coefficient (Wildman–Crippen LogP) is 2.58. The van der Waals surface area contributed by atoms with Crippen LogP contribution in [0.25, 0.3) is 11.0 Å². The fraction of sp³-hybridized carbons (Fsp3) is 0.550. The third-order valence-electron chi connectivity index (χ3n) is 6.50. The number of tetrazole rings is 1. The first kappa shape index (κ1) is 17.3. The Bertz CT molecular complexity index is 987. The van der Waals surface area contributed by atoms with E-state index in [1.54, 1.807) is 11.0 Å². The Hall–Kier alpha value is -2.77. The highest BCUT2D eigenvalue weighted by molar-refractivity contribution is 5.85. The molecule has 1 aromatic carbocycles. The number of rotatable bonds is 3. The molecule has 0 N–H and O–H groups in total. The first-order valence-corrected chi connectivity index (χ1v) is 10.2. The van der Waals surface area contributed by atoms with Gasteiger partial charge in [0.1, 0.15) is 17.7 Å². The van der Waals surface area contributed by atoms with E-state index in [2.05, 4.69) is 26.2 Å². The lowest BCUT2D eigenvalue weighted by atomic mass is 9.80. The summed E-state index contributed by atoms with van der Waals surface area (Å²) in [6, 6.07) is 8.14. The van der Waals surface area contributed by atoms with Gasteiger partial charge >= 0.3 is 0 Å². The van der Waals surface area contributed by atoms with Gasteiger partial charge in [-0.15, -0.1) is 5.10 Å². The summed E-state index contributed by atoms with van der Waals surface area (Å²) in [5.74, 6) is 1.11. The van der Waals surface area contributed by atoms with E-state index in [-0.39, 0.29) is 11.9 Å². The molecule has 2 fully saturated rings. The molecule has 1 amide bonds. The molecule has 8 heteroatoms. The molecule has 3 aromatic rings. The number of carbonyl (C=O) groups is 1. The van der Waals surface area contributed by atoms with E-state index < -0.39 is 5.54 Å². The van der Waals surface area contributed by atoms with Crippen LogP contribution in [0.4, 0.5) is 0 Å². The number of imidazole rings is 1. The molecule has 3 heterocycles. The van der Waals surface area contributed by atoms with E-state index in [1.807, 2.05) is 30.1 Å². The number of benzene rings is 1. The van der Waals surface area contributed by atoms with E-state index in [0.717, 1.165) is 68.3 Å². The second kappa shape index (κ2) is 6.68. The molecule has 2 aromatic heterocycles. The fourth-order valence-electron chi connectivity index (χ4n) is 5.04. The SMILES string of the molecule is Cn1c([C@@H]2CCCN2C(=O)C2(n3cnnn3)CCCCC2)nc2ccccc21. The van der Waals surface area contributed by atoms with Crippen molar-refractivity contribution in [1.29, 1.82) is 0 Å². The van der Waals surface area contributed by atoms with E-state index in [4.69, 9.17) is 4.98 Å². The Morgan fingerprint density at radius 2 is 1.96 bits per heavy atom. The zero-order valence-corrected chi connectivity index (χ0v) is 16.2. The summed E-state index contributed by atoms with van der Waals surface area (Å²) in [7, 11) is 2.05. The quantitative estimate of drug-likeness (QED) is 0.699. The topological polar surface area (TPSA) is 81.7 Å². The second-order valence-corrected chi connectivity index (χ2v) is 8.02. The van der Waals surface area contributed by atoms with Gasteiger partial charge in [0.25, 0.3) is 5.91 Å². The highest BCUT2D eigenvalue weighted by Crippen LogP contribution is 2.41. The smallest absolute Gasteiger partial charge is 0.251 e. The molecule has 1 aliphatic heterocycles. The first-order valence-electron chi connectivity index (χ1n) is 10.2. The van der Waals surface area contributed by atoms with Crippen LogP contribution in [-0.2, 0) is 17.4 Å². The van der Waals surface area contributed by atoms with Gasteiger partial charge in [-0.2, -0.15) is 0 Å². The summed E-state index contributed by atoms with van der Waals surface area (Å²) in [6.45, 7) is 0.760. The molecule has 0 bridgehead atoms. The molecular weight excluding hydrogens is 354 g/mol. The third-order valence-corrected chi connectivity index (χ3v) is 6.50. The van der Waals surface area contributed by atoms with Gasteiger partial charge in [0.05, 0.1) is 17.1 Å². The number of para-hydroxylation sites is 2. The molecule has 1 saturated heterocycles. The largest absolute Gasteiger partial charge is 0.330 e. The third kappa shape index (κ3) is 2.54. The fourth-order valence-corrected chi connectivity index (χ4v) is 5.04. The monoisotopic (exact) mass is 379 g/mol. The average Bonchev–Trinajstić information content (AvgIpc) is 3.48. The Kier molecular flexibility index (Phi) is 4.14. The molecule has 5 rings (SSSR count). The zero-order valence-electron chi connectivity index (χ0n) is 16.2. The van der Waals surface area contributed by atoms with Gasteiger partial charge < -0.3 is 9.47 Å². The Balaban J connectivity index is 1.53. The number of amides is 1. The summed E-state index contributed by atoms with van der Waals surface area (Å²) in [5.41, 5.74) is 1.42. The zero-order chi connectivity index (χ0) is 19.1. The number of aromatic nitrogens is 6. The van der Waals surface area contributed by atoms with Crippen molar-refractivity contribution in [3.63, 3.8) is 0 Å². The molecule has 2 aliphatic rings. The summed E-state index contributed by atoms with van der Waals surface area (Å²) in [6.07, 6.45) is 8.33. The number of hydrogen-bond acceptors (Lipinski definition) is 5. The van der Waals surface area contributed by atoms with Crippen LogP contribution in [0.2, 0.25) is 0 Å². The van der Waals surface area contributed by atoms with Crippen molar-refractivity contribution < 1.29 is 4.79 Å². The first-order chi connectivity index (χ1) is 13.7. The number of likely N-dealkylation sites (tertiary alicyclic amines) is 1. The Labute approximate surface area is 163 Å². The molecule has 28 heavy (non-hydrogen) atoms. The second-order valence-electron chi connectivity index (χ2n) is 8.02. The standard InChI is InChI=1S/C20H25N7O/c1-25-16-9-4-3-8-15(16)22-18(25)17-10-7-13-26(17)19(28)20(11-5-2-6-12-20)27-14-21-23-24-27/h3-4,8-9,14,17H,2,5-7,10-13H2,1H3/t17-/m0/s1. The molecule has 1 saturated carbocycles. The molecule has 146 valence electrons. The number of nitrogens with zero attached hydrogens (tertiary/aromatic N) is 7. The lowest BCUT2D eigenvalue weighted by molar-refractivity contribution is -0.144. The average molecular weight is 379 g/mol. The summed E-state index contributed by atoms with van der Waals surface area (Å²) < 4.78 is 3.84. The van der Waals surface area contributed by atoms with Crippen molar-refractivity contribution >= 4 is 16.9 Å². The van der Waals surface area contributed by atoms with E-state index in [1.165, 1.54) is 0 Å². The van der Waals surface area contributed by atoms with Crippen molar-refractivity contribution in [3.8, 4) is 0 Å². The minimum absolute atomic E-state index is 0.000169. The molecule has 0 radical (unpaired) electrons. The number of aryl methyl sites for hydroxylation is 1. The van der Waals surface area contributed by atoms with Crippen molar-refractivity contribution in [2.24, 2.45) is 7.05 Å². The maximum Gasteiger partial charge on any atom is 0.251 e. The van der Waals surface area contributed by atoms with Crippen molar-refractivity contribution in [3.05, 3.63) is 36.4 Å². The van der Waals surface area contributed by atoms with Gasteiger partial charge in [0, 0.05) is 13.6 Å². The van der Waals surface area contributed by atoms with Crippen LogP contribution in [0.3, 0.4) is 0 Å². The molecule has 1 aliphatic carbocycles. The van der Waals surface area contributed by atoms with Crippen molar-refractivity contribution in [2.75, 3.05) is 6.54 Å². The van der Waals surface area contributed by atoms with Gasteiger partial charge in [-0.25, -0.2) is 9.67 Å².